The first-order valence-corrected chi connectivity index (χ1v) is 5.27. The summed E-state index contributed by atoms with van der Waals surface area (Å²) in [5.41, 5.74) is 0. The molecule has 0 fully saturated rings. The molecule has 0 aliphatic rings. The van der Waals surface area contributed by atoms with Gasteiger partial charge in [-0.05, 0) is 25.1 Å². The topological polar surface area (TPSA) is 75.6 Å². The summed E-state index contributed by atoms with van der Waals surface area (Å²) in [5, 5.41) is 11.3. The van der Waals surface area contributed by atoms with E-state index in [2.05, 4.69) is 5.32 Å². The summed E-state index contributed by atoms with van der Waals surface area (Å²) in [5.74, 6) is -1.14. The van der Waals surface area contributed by atoms with Gasteiger partial charge in [0.05, 0.1) is 0 Å². The van der Waals surface area contributed by atoms with Crippen LogP contribution in [0.5, 0.6) is 5.75 Å². The van der Waals surface area contributed by atoms with E-state index in [-0.39, 0.29) is 6.61 Å². The second kappa shape index (κ2) is 6.10. The quantitative estimate of drug-likeness (QED) is 0.834. The van der Waals surface area contributed by atoms with Gasteiger partial charge in [0.1, 0.15) is 11.8 Å². The molecule has 1 aromatic rings. The van der Waals surface area contributed by atoms with E-state index in [1.807, 2.05) is 0 Å². The summed E-state index contributed by atoms with van der Waals surface area (Å²) in [4.78, 5) is 21.8. The van der Waals surface area contributed by atoms with Gasteiger partial charge in [0, 0.05) is 5.02 Å². The molecule has 1 rings (SSSR count). The number of amides is 1. The van der Waals surface area contributed by atoms with Crippen LogP contribution >= 0.6 is 11.6 Å². The third-order valence-corrected chi connectivity index (χ3v) is 2.15. The van der Waals surface area contributed by atoms with Gasteiger partial charge in [-0.15, -0.1) is 0 Å². The number of halogens is 1. The Morgan fingerprint density at radius 3 is 2.82 bits per heavy atom. The molecule has 2 N–H and O–H groups in total. The molecule has 17 heavy (non-hydrogen) atoms. The lowest BCUT2D eigenvalue weighted by atomic mass is 10.3. The Morgan fingerprint density at radius 1 is 1.53 bits per heavy atom. The Labute approximate surface area is 103 Å². The molecule has 0 aromatic heterocycles. The molecular weight excluding hydrogens is 246 g/mol. The molecule has 0 spiro atoms. The molecule has 5 nitrogen and oxygen atoms in total. The summed E-state index contributed by atoms with van der Waals surface area (Å²) in [6, 6.07) is 5.65. The molecule has 6 heteroatoms. The number of ether oxygens (including phenoxy) is 1. The van der Waals surface area contributed by atoms with Crippen molar-refractivity contribution in [1.29, 1.82) is 0 Å². The highest BCUT2D eigenvalue weighted by molar-refractivity contribution is 6.30. The third kappa shape index (κ3) is 4.74. The second-order valence-electron chi connectivity index (χ2n) is 3.37. The van der Waals surface area contributed by atoms with Crippen molar-refractivity contribution in [1.82, 2.24) is 5.32 Å². The molecule has 0 heterocycles. The van der Waals surface area contributed by atoms with Gasteiger partial charge in [-0.1, -0.05) is 17.7 Å². The van der Waals surface area contributed by atoms with E-state index in [4.69, 9.17) is 21.4 Å². The van der Waals surface area contributed by atoms with Crippen molar-refractivity contribution in [2.24, 2.45) is 0 Å². The molecular formula is C11H12ClNO4. The Balaban J connectivity index is 2.41. The highest BCUT2D eigenvalue weighted by Crippen LogP contribution is 2.16. The van der Waals surface area contributed by atoms with Crippen LogP contribution in [0.15, 0.2) is 24.3 Å². The van der Waals surface area contributed by atoms with E-state index in [1.165, 1.54) is 6.92 Å². The van der Waals surface area contributed by atoms with Gasteiger partial charge in [-0.3, -0.25) is 9.59 Å². The van der Waals surface area contributed by atoms with Crippen molar-refractivity contribution in [3.05, 3.63) is 29.3 Å². The third-order valence-electron chi connectivity index (χ3n) is 1.91. The SMILES string of the molecule is CC(NC(=O)COc1cccc(Cl)c1)C(=O)O. The smallest absolute Gasteiger partial charge is 0.325 e. The van der Waals surface area contributed by atoms with Gasteiger partial charge >= 0.3 is 5.97 Å². The van der Waals surface area contributed by atoms with E-state index in [0.29, 0.717) is 10.8 Å². The summed E-state index contributed by atoms with van der Waals surface area (Å²) in [6.45, 7) is 1.12. The maximum absolute atomic E-state index is 11.3. The van der Waals surface area contributed by atoms with Crippen molar-refractivity contribution in [3.63, 3.8) is 0 Å². The highest BCUT2D eigenvalue weighted by atomic mass is 35.5. The zero-order valence-electron chi connectivity index (χ0n) is 9.14. The standard InChI is InChI=1S/C11H12ClNO4/c1-7(11(15)16)13-10(14)6-17-9-4-2-3-8(12)5-9/h2-5,7H,6H2,1H3,(H,13,14)(H,15,16). The van der Waals surface area contributed by atoms with Gasteiger partial charge in [0.2, 0.25) is 0 Å². The molecule has 1 amide bonds. The predicted octanol–water partition coefficient (Wildman–Crippen LogP) is 1.31. The Hall–Kier alpha value is -1.75. The molecule has 1 aromatic carbocycles. The maximum Gasteiger partial charge on any atom is 0.325 e. The Morgan fingerprint density at radius 2 is 2.24 bits per heavy atom. The second-order valence-corrected chi connectivity index (χ2v) is 3.81. The molecule has 0 aliphatic heterocycles. The molecule has 0 saturated carbocycles. The van der Waals surface area contributed by atoms with Gasteiger partial charge in [0.25, 0.3) is 5.91 Å². The number of hydrogen-bond donors (Lipinski definition) is 2. The zero-order chi connectivity index (χ0) is 12.8. The summed E-state index contributed by atoms with van der Waals surface area (Å²) in [6.07, 6.45) is 0. The first-order valence-electron chi connectivity index (χ1n) is 4.89. The average molecular weight is 258 g/mol. The zero-order valence-corrected chi connectivity index (χ0v) is 9.90. The monoisotopic (exact) mass is 257 g/mol. The summed E-state index contributed by atoms with van der Waals surface area (Å²) >= 11 is 5.73. The van der Waals surface area contributed by atoms with Crippen molar-refractivity contribution in [2.45, 2.75) is 13.0 Å². The van der Waals surface area contributed by atoms with E-state index < -0.39 is 17.9 Å². The number of rotatable bonds is 5. The fourth-order valence-electron chi connectivity index (χ4n) is 1.05. The highest BCUT2D eigenvalue weighted by Gasteiger charge is 2.13. The number of carbonyl (C=O) groups is 2. The lowest BCUT2D eigenvalue weighted by Crippen LogP contribution is -2.40. The summed E-state index contributed by atoms with van der Waals surface area (Å²) in [7, 11) is 0. The summed E-state index contributed by atoms with van der Waals surface area (Å²) < 4.78 is 5.14. The molecule has 0 radical (unpaired) electrons. The van der Waals surface area contributed by atoms with Crippen molar-refractivity contribution < 1.29 is 19.4 Å². The first-order chi connectivity index (χ1) is 7.99. The van der Waals surface area contributed by atoms with E-state index in [9.17, 15) is 9.59 Å². The fraction of sp³-hybridized carbons (Fsp3) is 0.273. The van der Waals surface area contributed by atoms with Gasteiger partial charge in [-0.2, -0.15) is 0 Å². The van der Waals surface area contributed by atoms with Crippen LogP contribution in [0.1, 0.15) is 6.92 Å². The van der Waals surface area contributed by atoms with Gasteiger partial charge in [0.15, 0.2) is 6.61 Å². The molecule has 1 unspecified atom stereocenters. The minimum absolute atomic E-state index is 0.252. The van der Waals surface area contributed by atoms with Crippen LogP contribution in [0.3, 0.4) is 0 Å². The molecule has 1 atom stereocenters. The number of carboxylic acid groups (broad SMARTS) is 1. The lowest BCUT2D eigenvalue weighted by molar-refractivity contribution is -0.141. The van der Waals surface area contributed by atoms with E-state index >= 15 is 0 Å². The molecule has 0 aliphatic carbocycles. The maximum atomic E-state index is 11.3. The molecule has 0 saturated heterocycles. The number of aliphatic carboxylic acids is 1. The van der Waals surface area contributed by atoms with Crippen LogP contribution in [-0.2, 0) is 9.59 Å². The minimum atomic E-state index is -1.10. The average Bonchev–Trinajstić information content (AvgIpc) is 2.26. The largest absolute Gasteiger partial charge is 0.484 e. The Kier molecular flexibility index (Phi) is 4.78. The van der Waals surface area contributed by atoms with E-state index in [1.54, 1.807) is 24.3 Å². The number of nitrogens with one attached hydrogen (secondary N) is 1. The van der Waals surface area contributed by atoms with Crippen LogP contribution in [0, 0.1) is 0 Å². The van der Waals surface area contributed by atoms with Crippen LogP contribution in [0.2, 0.25) is 5.02 Å². The van der Waals surface area contributed by atoms with Gasteiger partial charge in [-0.25, -0.2) is 0 Å². The van der Waals surface area contributed by atoms with Crippen LogP contribution in [-0.4, -0.2) is 29.6 Å². The first kappa shape index (κ1) is 13.3. The molecule has 0 bridgehead atoms. The number of hydrogen-bond acceptors (Lipinski definition) is 3. The van der Waals surface area contributed by atoms with Crippen LogP contribution in [0.4, 0.5) is 0 Å². The lowest BCUT2D eigenvalue weighted by Gasteiger charge is -2.10. The van der Waals surface area contributed by atoms with Crippen molar-refractivity contribution in [3.8, 4) is 5.75 Å². The van der Waals surface area contributed by atoms with Gasteiger partial charge < -0.3 is 15.2 Å². The molecule has 92 valence electrons. The van der Waals surface area contributed by atoms with Crippen LogP contribution in [0.25, 0.3) is 0 Å². The fourth-order valence-corrected chi connectivity index (χ4v) is 1.23. The van der Waals surface area contributed by atoms with Crippen LogP contribution < -0.4 is 10.1 Å². The Bertz CT molecular complexity index is 422. The number of benzene rings is 1. The van der Waals surface area contributed by atoms with E-state index in [0.717, 1.165) is 0 Å². The minimum Gasteiger partial charge on any atom is -0.484 e. The number of carboxylic acids is 1. The predicted molar refractivity (Wildman–Crippen MR) is 62.2 cm³/mol. The number of carbonyl (C=O) groups excluding carboxylic acids is 1. The normalized spacial score (nSPS) is 11.6. The van der Waals surface area contributed by atoms with Crippen molar-refractivity contribution >= 4 is 23.5 Å². The van der Waals surface area contributed by atoms with Crippen molar-refractivity contribution in [2.75, 3.05) is 6.61 Å².